The number of fused-ring (bicyclic) bond motifs is 1. The zero-order chi connectivity index (χ0) is 23.1. The number of hydrogen-bond acceptors (Lipinski definition) is 3. The average molecular weight is 558 g/mol. The summed E-state index contributed by atoms with van der Waals surface area (Å²) >= 11 is 16.3. The summed E-state index contributed by atoms with van der Waals surface area (Å²) in [4.78, 5) is 15.2. The summed E-state index contributed by atoms with van der Waals surface area (Å²) < 4.78 is 17.4. The normalized spacial score (nSPS) is 15.2. The molecule has 3 aromatic carbocycles. The molecule has 33 heavy (non-hydrogen) atoms. The molecule has 1 saturated heterocycles. The monoisotopic (exact) mass is 556 g/mol. The quantitative estimate of drug-likeness (QED) is 0.190. The van der Waals surface area contributed by atoms with E-state index < -0.39 is 0 Å². The fourth-order valence-electron chi connectivity index (χ4n) is 3.79. The van der Waals surface area contributed by atoms with Gasteiger partial charge in [-0.2, -0.15) is 0 Å². The van der Waals surface area contributed by atoms with E-state index in [1.165, 1.54) is 22.7 Å². The lowest BCUT2D eigenvalue weighted by Crippen LogP contribution is -2.27. The molecule has 0 saturated carbocycles. The summed E-state index contributed by atoms with van der Waals surface area (Å²) in [6.07, 6.45) is 3.79. The highest BCUT2D eigenvalue weighted by Gasteiger charge is 2.33. The molecular weight excluding hydrogens is 543 g/mol. The van der Waals surface area contributed by atoms with Crippen LogP contribution < -0.4 is 4.90 Å². The molecule has 1 fully saturated rings. The van der Waals surface area contributed by atoms with Crippen LogP contribution in [0.25, 0.3) is 17.0 Å². The van der Waals surface area contributed by atoms with Gasteiger partial charge >= 0.3 is 0 Å². The van der Waals surface area contributed by atoms with Crippen LogP contribution >= 0.6 is 51.5 Å². The number of thioether (sulfide) groups is 1. The van der Waals surface area contributed by atoms with Crippen LogP contribution in [0, 0.1) is 5.82 Å². The molecule has 1 aliphatic rings. The van der Waals surface area contributed by atoms with E-state index in [1.54, 1.807) is 30.3 Å². The largest absolute Gasteiger partial charge is 0.342 e. The van der Waals surface area contributed by atoms with Gasteiger partial charge in [0.15, 0.2) is 4.32 Å². The number of halogens is 3. The summed E-state index contributed by atoms with van der Waals surface area (Å²) in [5, 5.41) is 1.48. The van der Waals surface area contributed by atoms with Crippen molar-refractivity contribution in [2.45, 2.75) is 6.54 Å². The van der Waals surface area contributed by atoms with Crippen LogP contribution in [0.1, 0.15) is 11.1 Å². The van der Waals surface area contributed by atoms with Crippen molar-refractivity contribution in [2.24, 2.45) is 0 Å². The number of thiocarbonyl (C=S) groups is 1. The van der Waals surface area contributed by atoms with Crippen LogP contribution in [0.4, 0.5) is 10.1 Å². The molecule has 4 aromatic rings. The smallest absolute Gasteiger partial charge is 0.270 e. The Balaban J connectivity index is 1.53. The third-order valence-corrected chi connectivity index (χ3v) is 7.89. The number of para-hydroxylation sites is 1. The van der Waals surface area contributed by atoms with Gasteiger partial charge in [-0.1, -0.05) is 72.0 Å². The predicted octanol–water partition coefficient (Wildman–Crippen LogP) is 7.65. The Morgan fingerprint density at radius 3 is 2.64 bits per heavy atom. The summed E-state index contributed by atoms with van der Waals surface area (Å²) in [5.74, 6) is -0.444. The number of hydrogen-bond donors (Lipinski definition) is 0. The third-order valence-electron chi connectivity index (χ3n) is 5.36. The van der Waals surface area contributed by atoms with Gasteiger partial charge in [0, 0.05) is 32.7 Å². The maximum absolute atomic E-state index is 14.3. The van der Waals surface area contributed by atoms with E-state index in [9.17, 15) is 9.18 Å². The second-order valence-corrected chi connectivity index (χ2v) is 10.4. The van der Waals surface area contributed by atoms with Crippen LogP contribution in [-0.4, -0.2) is 14.8 Å². The number of carbonyl (C=O) groups is 1. The molecule has 0 atom stereocenters. The lowest BCUT2D eigenvalue weighted by molar-refractivity contribution is -0.113. The predicted molar refractivity (Wildman–Crippen MR) is 142 cm³/mol. The highest BCUT2D eigenvalue weighted by atomic mass is 79.9. The van der Waals surface area contributed by atoms with Crippen molar-refractivity contribution in [3.63, 3.8) is 0 Å². The second kappa shape index (κ2) is 9.06. The van der Waals surface area contributed by atoms with Gasteiger partial charge in [0.25, 0.3) is 5.91 Å². The summed E-state index contributed by atoms with van der Waals surface area (Å²) in [7, 11) is 0. The third kappa shape index (κ3) is 4.26. The Hall–Kier alpha value is -2.45. The number of benzene rings is 3. The molecule has 8 heteroatoms. The molecule has 0 radical (unpaired) electrons. The zero-order valence-corrected chi connectivity index (χ0v) is 20.9. The Morgan fingerprint density at radius 2 is 1.85 bits per heavy atom. The first-order chi connectivity index (χ1) is 15.9. The van der Waals surface area contributed by atoms with Crippen LogP contribution in [0.5, 0.6) is 0 Å². The molecular formula is C25H15BrClFN2OS2. The zero-order valence-electron chi connectivity index (χ0n) is 17.0. The van der Waals surface area contributed by atoms with E-state index in [4.69, 9.17) is 23.8 Å². The Kier molecular flexibility index (Phi) is 6.14. The molecule has 0 aliphatic carbocycles. The number of rotatable bonds is 4. The van der Waals surface area contributed by atoms with Crippen LogP contribution in [0.3, 0.4) is 0 Å². The molecule has 0 N–H and O–H groups in total. The molecule has 1 aliphatic heterocycles. The minimum absolute atomic E-state index is 0.200. The van der Waals surface area contributed by atoms with E-state index >= 15 is 0 Å². The second-order valence-electron chi connectivity index (χ2n) is 7.44. The molecule has 0 unspecified atom stereocenters. The first kappa shape index (κ1) is 22.3. The van der Waals surface area contributed by atoms with Gasteiger partial charge in [0.1, 0.15) is 5.82 Å². The van der Waals surface area contributed by atoms with Crippen molar-refractivity contribution in [1.82, 2.24) is 4.57 Å². The average Bonchev–Trinajstić information content (AvgIpc) is 3.28. The van der Waals surface area contributed by atoms with Crippen LogP contribution in [0.15, 0.2) is 82.3 Å². The molecule has 0 spiro atoms. The minimum atomic E-state index is -0.245. The van der Waals surface area contributed by atoms with Crippen molar-refractivity contribution in [2.75, 3.05) is 4.90 Å². The number of aromatic nitrogens is 1. The van der Waals surface area contributed by atoms with E-state index in [2.05, 4.69) is 15.9 Å². The van der Waals surface area contributed by atoms with Crippen LogP contribution in [0.2, 0.25) is 5.02 Å². The topological polar surface area (TPSA) is 25.2 Å². The summed E-state index contributed by atoms with van der Waals surface area (Å²) in [6.45, 7) is 0.388. The minimum Gasteiger partial charge on any atom is -0.342 e. The first-order valence-corrected chi connectivity index (χ1v) is 12.4. The van der Waals surface area contributed by atoms with E-state index in [0.717, 1.165) is 20.9 Å². The van der Waals surface area contributed by atoms with Crippen molar-refractivity contribution >= 4 is 84.4 Å². The number of anilines is 1. The lowest BCUT2D eigenvalue weighted by Gasteiger charge is -2.15. The standard InChI is InChI=1S/C25H15BrClFN2OS2/c26-19-10-9-17(12-20(19)27)30-24(31)23(33-25(30)32)11-16-14-29(22-8-4-2-6-18(16)22)13-15-5-1-3-7-21(15)28/h1-12,14H,13H2/b23-11-. The maximum Gasteiger partial charge on any atom is 0.270 e. The summed E-state index contributed by atoms with van der Waals surface area (Å²) in [6, 6.07) is 19.9. The van der Waals surface area contributed by atoms with E-state index in [0.29, 0.717) is 32.0 Å². The van der Waals surface area contributed by atoms with Crippen molar-refractivity contribution in [3.8, 4) is 0 Å². The first-order valence-electron chi connectivity index (χ1n) is 9.96. The molecule has 0 bridgehead atoms. The van der Waals surface area contributed by atoms with Gasteiger partial charge in [0.05, 0.1) is 22.2 Å². The van der Waals surface area contributed by atoms with Gasteiger partial charge in [-0.05, 0) is 52.3 Å². The fourth-order valence-corrected chi connectivity index (χ4v) is 5.50. The van der Waals surface area contributed by atoms with Crippen molar-refractivity contribution in [1.29, 1.82) is 0 Å². The Morgan fingerprint density at radius 1 is 1.09 bits per heavy atom. The molecule has 1 aromatic heterocycles. The Labute approximate surface area is 213 Å². The van der Waals surface area contributed by atoms with E-state index in [1.807, 2.05) is 47.2 Å². The molecule has 1 amide bonds. The van der Waals surface area contributed by atoms with Crippen molar-refractivity contribution < 1.29 is 9.18 Å². The molecule has 164 valence electrons. The Bertz CT molecular complexity index is 1470. The number of nitrogens with zero attached hydrogens (tertiary/aromatic N) is 2. The SMILES string of the molecule is O=C1/C(=C/c2cn(Cc3ccccc3F)c3ccccc23)SC(=S)N1c1ccc(Br)c(Cl)c1. The lowest BCUT2D eigenvalue weighted by atomic mass is 10.1. The summed E-state index contributed by atoms with van der Waals surface area (Å²) in [5.41, 5.74) is 3.05. The number of amides is 1. The van der Waals surface area contributed by atoms with Gasteiger partial charge in [-0.15, -0.1) is 0 Å². The number of carbonyl (C=O) groups excluding carboxylic acids is 1. The molecule has 3 nitrogen and oxygen atoms in total. The maximum atomic E-state index is 14.3. The van der Waals surface area contributed by atoms with Gasteiger partial charge in [0.2, 0.25) is 0 Å². The van der Waals surface area contributed by atoms with Gasteiger partial charge in [-0.25, -0.2) is 4.39 Å². The molecule has 5 rings (SSSR count). The highest BCUT2D eigenvalue weighted by Crippen LogP contribution is 2.39. The molecule has 2 heterocycles. The van der Waals surface area contributed by atoms with Gasteiger partial charge in [-0.3, -0.25) is 9.69 Å². The van der Waals surface area contributed by atoms with Crippen LogP contribution in [-0.2, 0) is 11.3 Å². The highest BCUT2D eigenvalue weighted by molar-refractivity contribution is 9.10. The fraction of sp³-hybridized carbons (Fsp3) is 0.0400. The van der Waals surface area contributed by atoms with Gasteiger partial charge < -0.3 is 4.57 Å². The van der Waals surface area contributed by atoms with Crippen molar-refractivity contribution in [3.05, 3.63) is 104 Å². The van der Waals surface area contributed by atoms with E-state index in [-0.39, 0.29) is 11.7 Å².